The van der Waals surface area contributed by atoms with Crippen LogP contribution in [0.15, 0.2) is 78.0 Å². The van der Waals surface area contributed by atoms with Crippen LogP contribution in [0.3, 0.4) is 0 Å². The van der Waals surface area contributed by atoms with E-state index < -0.39 is 0 Å². The Bertz CT molecular complexity index is 991. The quantitative estimate of drug-likeness (QED) is 0.457. The normalized spacial score (nSPS) is 13.2. The van der Waals surface area contributed by atoms with E-state index in [0.29, 0.717) is 12.6 Å². The third-order valence-electron chi connectivity index (χ3n) is 5.19. The molecule has 0 saturated heterocycles. The zero-order valence-corrected chi connectivity index (χ0v) is 18.5. The van der Waals surface area contributed by atoms with Crippen molar-refractivity contribution in [3.8, 4) is 5.75 Å². The minimum absolute atomic E-state index is 0.0231. The molecule has 4 rings (SSSR count). The smallest absolute Gasteiger partial charge is 0.238 e. The second kappa shape index (κ2) is 10.5. The highest BCUT2D eigenvalue weighted by atomic mass is 32.2. The molecule has 1 aliphatic carbocycles. The summed E-state index contributed by atoms with van der Waals surface area (Å²) in [6.45, 7) is 1.16. The van der Waals surface area contributed by atoms with Crippen molar-refractivity contribution in [2.75, 3.05) is 19.0 Å². The van der Waals surface area contributed by atoms with Crippen LogP contribution in [0.1, 0.15) is 24.0 Å². The van der Waals surface area contributed by atoms with Crippen molar-refractivity contribution in [2.24, 2.45) is 0 Å². The maximum atomic E-state index is 12.7. The van der Waals surface area contributed by atoms with Crippen molar-refractivity contribution in [3.63, 3.8) is 0 Å². The number of amides is 1. The van der Waals surface area contributed by atoms with E-state index in [1.54, 1.807) is 25.1 Å². The van der Waals surface area contributed by atoms with Crippen molar-refractivity contribution in [1.82, 2.24) is 9.88 Å². The van der Waals surface area contributed by atoms with Crippen LogP contribution in [0.25, 0.3) is 0 Å². The first-order chi connectivity index (χ1) is 15.2. The summed E-state index contributed by atoms with van der Waals surface area (Å²) in [5, 5.41) is 4.07. The van der Waals surface area contributed by atoms with Gasteiger partial charge in [0, 0.05) is 30.2 Å². The number of nitrogens with one attached hydrogen (secondary N) is 1. The molecular formula is C25H27N3O2S. The molecule has 0 spiro atoms. The molecule has 2 aromatic carbocycles. The summed E-state index contributed by atoms with van der Waals surface area (Å²) in [6.07, 6.45) is 4.11. The van der Waals surface area contributed by atoms with Gasteiger partial charge in [0.1, 0.15) is 5.75 Å². The van der Waals surface area contributed by atoms with E-state index in [-0.39, 0.29) is 5.91 Å². The van der Waals surface area contributed by atoms with Gasteiger partial charge in [0.15, 0.2) is 0 Å². The van der Waals surface area contributed by atoms with Crippen molar-refractivity contribution < 1.29 is 9.53 Å². The Hall–Kier alpha value is -2.83. The standard InChI is InChI=1S/C25H27N3O2S/c1-30-23-12-8-19(9-13-23)16-28(22-10-11-22)17-24(29)27-21-6-4-5-20(15-21)18-31-25-7-2-3-14-26-25/h2-9,12-15,22H,10-11,16-18H2,1H3,(H,27,29). The first kappa shape index (κ1) is 21.4. The van der Waals surface area contributed by atoms with E-state index in [0.717, 1.165) is 47.2 Å². The molecule has 0 bridgehead atoms. The maximum Gasteiger partial charge on any atom is 0.238 e. The number of benzene rings is 2. The SMILES string of the molecule is COc1ccc(CN(CC(=O)Nc2cccc(CSc3ccccn3)c2)C2CC2)cc1. The molecule has 1 aromatic heterocycles. The van der Waals surface area contributed by atoms with Gasteiger partial charge in [0.2, 0.25) is 5.91 Å². The van der Waals surface area contributed by atoms with Gasteiger partial charge in [-0.2, -0.15) is 0 Å². The first-order valence-electron chi connectivity index (χ1n) is 10.5. The van der Waals surface area contributed by atoms with Crippen molar-refractivity contribution in [1.29, 1.82) is 0 Å². The Labute approximate surface area is 187 Å². The number of hydrogen-bond acceptors (Lipinski definition) is 5. The molecule has 1 N–H and O–H groups in total. The predicted molar refractivity (Wildman–Crippen MR) is 125 cm³/mol. The highest BCUT2D eigenvalue weighted by Gasteiger charge is 2.30. The maximum absolute atomic E-state index is 12.7. The molecule has 0 atom stereocenters. The molecule has 0 unspecified atom stereocenters. The lowest BCUT2D eigenvalue weighted by Gasteiger charge is -2.21. The van der Waals surface area contributed by atoms with E-state index in [1.165, 1.54) is 5.56 Å². The Kier molecular flexibility index (Phi) is 7.22. The molecule has 0 aliphatic heterocycles. The average molecular weight is 434 g/mol. The average Bonchev–Trinajstić information content (AvgIpc) is 3.64. The van der Waals surface area contributed by atoms with Gasteiger partial charge in [-0.15, -0.1) is 11.8 Å². The van der Waals surface area contributed by atoms with Crippen LogP contribution in [-0.4, -0.2) is 35.5 Å². The second-order valence-corrected chi connectivity index (χ2v) is 8.69. The van der Waals surface area contributed by atoms with E-state index >= 15 is 0 Å². The molecule has 1 saturated carbocycles. The van der Waals surface area contributed by atoms with Crippen LogP contribution < -0.4 is 10.1 Å². The first-order valence-corrected chi connectivity index (χ1v) is 11.5. The predicted octanol–water partition coefficient (Wildman–Crippen LogP) is 4.99. The summed E-state index contributed by atoms with van der Waals surface area (Å²) in [5.41, 5.74) is 3.18. The number of anilines is 1. The molecule has 3 aromatic rings. The molecule has 1 amide bonds. The molecule has 31 heavy (non-hydrogen) atoms. The molecular weight excluding hydrogens is 406 g/mol. The molecule has 6 heteroatoms. The number of carbonyl (C=O) groups excluding carboxylic acids is 1. The van der Waals surface area contributed by atoms with Crippen LogP contribution >= 0.6 is 11.8 Å². The molecule has 1 fully saturated rings. The van der Waals surface area contributed by atoms with Gasteiger partial charge in [0.05, 0.1) is 18.7 Å². The summed E-state index contributed by atoms with van der Waals surface area (Å²) < 4.78 is 5.23. The summed E-state index contributed by atoms with van der Waals surface area (Å²) >= 11 is 1.69. The van der Waals surface area contributed by atoms with Gasteiger partial charge in [-0.25, -0.2) is 4.98 Å². The van der Waals surface area contributed by atoms with Gasteiger partial charge in [-0.3, -0.25) is 9.69 Å². The lowest BCUT2D eigenvalue weighted by Crippen LogP contribution is -2.34. The third-order valence-corrected chi connectivity index (χ3v) is 6.20. The molecule has 5 nitrogen and oxygen atoms in total. The number of methoxy groups -OCH3 is 1. The number of rotatable bonds is 10. The van der Waals surface area contributed by atoms with Gasteiger partial charge >= 0.3 is 0 Å². The minimum Gasteiger partial charge on any atom is -0.497 e. The lowest BCUT2D eigenvalue weighted by molar-refractivity contribution is -0.117. The largest absolute Gasteiger partial charge is 0.497 e. The Balaban J connectivity index is 1.32. The van der Waals surface area contributed by atoms with Crippen LogP contribution in [0.2, 0.25) is 0 Å². The Morgan fingerprint density at radius 1 is 1.10 bits per heavy atom. The van der Waals surface area contributed by atoms with Crippen LogP contribution in [0.4, 0.5) is 5.69 Å². The Morgan fingerprint density at radius 3 is 2.65 bits per heavy atom. The van der Waals surface area contributed by atoms with E-state index in [1.807, 2.05) is 48.5 Å². The van der Waals surface area contributed by atoms with Crippen molar-refractivity contribution in [2.45, 2.75) is 36.2 Å². The monoisotopic (exact) mass is 433 g/mol. The summed E-state index contributed by atoms with van der Waals surface area (Å²) in [6, 6.07) is 22.5. The number of ether oxygens (including phenoxy) is 1. The highest BCUT2D eigenvalue weighted by molar-refractivity contribution is 7.98. The van der Waals surface area contributed by atoms with Gasteiger partial charge in [-0.05, 0) is 60.4 Å². The molecule has 1 aliphatic rings. The molecule has 0 radical (unpaired) electrons. The number of pyridine rings is 1. The van der Waals surface area contributed by atoms with Crippen LogP contribution in [0, 0.1) is 0 Å². The fourth-order valence-corrected chi connectivity index (χ4v) is 4.24. The number of hydrogen-bond donors (Lipinski definition) is 1. The topological polar surface area (TPSA) is 54.5 Å². The molecule has 1 heterocycles. The van der Waals surface area contributed by atoms with Gasteiger partial charge < -0.3 is 10.1 Å². The van der Waals surface area contributed by atoms with E-state index in [2.05, 4.69) is 33.4 Å². The second-order valence-electron chi connectivity index (χ2n) is 7.69. The third kappa shape index (κ3) is 6.57. The minimum atomic E-state index is 0.0231. The number of carbonyl (C=O) groups is 1. The fraction of sp³-hybridized carbons (Fsp3) is 0.280. The highest BCUT2D eigenvalue weighted by Crippen LogP contribution is 2.28. The zero-order valence-electron chi connectivity index (χ0n) is 17.7. The van der Waals surface area contributed by atoms with Crippen molar-refractivity contribution in [3.05, 3.63) is 84.1 Å². The summed E-state index contributed by atoms with van der Waals surface area (Å²) in [7, 11) is 1.67. The molecule has 160 valence electrons. The van der Waals surface area contributed by atoms with Gasteiger partial charge in [-0.1, -0.05) is 30.3 Å². The fourth-order valence-electron chi connectivity index (χ4n) is 3.43. The van der Waals surface area contributed by atoms with Crippen LogP contribution in [0.5, 0.6) is 5.75 Å². The van der Waals surface area contributed by atoms with E-state index in [9.17, 15) is 4.79 Å². The summed E-state index contributed by atoms with van der Waals surface area (Å²) in [4.78, 5) is 19.4. The Morgan fingerprint density at radius 2 is 1.94 bits per heavy atom. The van der Waals surface area contributed by atoms with E-state index in [4.69, 9.17) is 4.74 Å². The number of nitrogens with zero attached hydrogens (tertiary/aromatic N) is 2. The van der Waals surface area contributed by atoms with Crippen LogP contribution in [-0.2, 0) is 17.1 Å². The number of aromatic nitrogens is 1. The lowest BCUT2D eigenvalue weighted by atomic mass is 10.2. The van der Waals surface area contributed by atoms with Crippen molar-refractivity contribution >= 4 is 23.4 Å². The zero-order chi connectivity index (χ0) is 21.5. The van der Waals surface area contributed by atoms with Gasteiger partial charge in [0.25, 0.3) is 0 Å². The summed E-state index contributed by atoms with van der Waals surface area (Å²) in [5.74, 6) is 1.68. The number of thioether (sulfide) groups is 1.